The lowest BCUT2D eigenvalue weighted by Crippen LogP contribution is -2.29. The molecular weight excluding hydrogens is 354 g/mol. The van der Waals surface area contributed by atoms with Gasteiger partial charge in [0.2, 0.25) is 5.91 Å². The number of nitro benzene ring substituents is 1. The van der Waals surface area contributed by atoms with Gasteiger partial charge in [-0.15, -0.1) is 11.3 Å². The molecule has 136 valence electrons. The molecule has 0 saturated heterocycles. The zero-order valence-electron chi connectivity index (χ0n) is 14.5. The minimum absolute atomic E-state index is 0.00334. The minimum atomic E-state index is -0.452. The number of carbonyl (C=O) groups is 2. The smallest absolute Gasteiger partial charge is 0.269 e. The zero-order chi connectivity index (χ0) is 18.8. The predicted octanol–water partition coefficient (Wildman–Crippen LogP) is 3.84. The van der Waals surface area contributed by atoms with Crippen molar-refractivity contribution < 1.29 is 14.5 Å². The first-order chi connectivity index (χ1) is 12.4. The first-order valence-corrected chi connectivity index (χ1v) is 9.10. The first-order valence-electron chi connectivity index (χ1n) is 8.29. The Balaban J connectivity index is 1.70. The number of non-ortho nitro benzene ring substituents is 1. The predicted molar refractivity (Wildman–Crippen MR) is 99.3 cm³/mol. The van der Waals surface area contributed by atoms with Crippen molar-refractivity contribution in [2.45, 2.75) is 25.8 Å². The highest BCUT2D eigenvalue weighted by atomic mass is 32.1. The van der Waals surface area contributed by atoms with Gasteiger partial charge >= 0.3 is 0 Å². The van der Waals surface area contributed by atoms with Gasteiger partial charge in [0.05, 0.1) is 20.8 Å². The van der Waals surface area contributed by atoms with Gasteiger partial charge in [0.1, 0.15) is 0 Å². The van der Waals surface area contributed by atoms with E-state index in [1.54, 1.807) is 31.3 Å². The van der Waals surface area contributed by atoms with Crippen LogP contribution >= 0.6 is 11.3 Å². The first kappa shape index (κ1) is 18.1. The molecule has 0 spiro atoms. The molecule has 1 aromatic heterocycles. The van der Waals surface area contributed by atoms with Crippen LogP contribution in [-0.4, -0.2) is 28.7 Å². The van der Waals surface area contributed by atoms with Crippen LogP contribution in [-0.2, 0) is 4.79 Å². The largest absolute Gasteiger partial charge is 0.334 e. The SMILES string of the molecule is C[C@@H](c1cccc([N+](=O)[O-])c1)N(C)C(=O)c1ccc(NC(=O)C2CC2)s1. The molecule has 1 aliphatic carbocycles. The van der Waals surface area contributed by atoms with Crippen molar-refractivity contribution in [3.05, 3.63) is 57.0 Å². The van der Waals surface area contributed by atoms with Crippen LogP contribution in [0.5, 0.6) is 0 Å². The summed E-state index contributed by atoms with van der Waals surface area (Å²) in [5, 5.41) is 14.4. The van der Waals surface area contributed by atoms with Gasteiger partial charge in [-0.1, -0.05) is 12.1 Å². The van der Waals surface area contributed by atoms with Gasteiger partial charge in [0.15, 0.2) is 0 Å². The van der Waals surface area contributed by atoms with E-state index in [0.717, 1.165) is 12.8 Å². The summed E-state index contributed by atoms with van der Waals surface area (Å²) in [6.07, 6.45) is 1.85. The van der Waals surface area contributed by atoms with Crippen molar-refractivity contribution in [3.63, 3.8) is 0 Å². The van der Waals surface area contributed by atoms with Crippen LogP contribution in [0.3, 0.4) is 0 Å². The number of thiophene rings is 1. The molecule has 26 heavy (non-hydrogen) atoms. The summed E-state index contributed by atoms with van der Waals surface area (Å²) >= 11 is 1.23. The number of nitrogens with one attached hydrogen (secondary N) is 1. The maximum Gasteiger partial charge on any atom is 0.269 e. The lowest BCUT2D eigenvalue weighted by Gasteiger charge is -2.24. The number of anilines is 1. The molecular formula is C18H19N3O4S. The molecule has 1 fully saturated rings. The highest BCUT2D eigenvalue weighted by molar-refractivity contribution is 7.18. The molecule has 1 aromatic carbocycles. The summed E-state index contributed by atoms with van der Waals surface area (Å²) in [5.41, 5.74) is 0.685. The number of benzene rings is 1. The number of nitro groups is 1. The Hall–Kier alpha value is -2.74. The lowest BCUT2D eigenvalue weighted by atomic mass is 10.1. The fraction of sp³-hybridized carbons (Fsp3) is 0.333. The van der Waals surface area contributed by atoms with Crippen LogP contribution in [0.25, 0.3) is 0 Å². The van der Waals surface area contributed by atoms with Gasteiger partial charge < -0.3 is 10.2 Å². The second-order valence-electron chi connectivity index (χ2n) is 6.37. The van der Waals surface area contributed by atoms with E-state index >= 15 is 0 Å². The third-order valence-corrected chi connectivity index (χ3v) is 5.46. The van der Waals surface area contributed by atoms with Crippen molar-refractivity contribution in [1.82, 2.24) is 4.90 Å². The molecule has 0 unspecified atom stereocenters. The second kappa shape index (κ2) is 7.25. The van der Waals surface area contributed by atoms with Crippen LogP contribution in [0.1, 0.15) is 41.0 Å². The Morgan fingerprint density at radius 1 is 1.31 bits per heavy atom. The molecule has 2 amide bonds. The maximum absolute atomic E-state index is 12.7. The number of rotatable bonds is 6. The maximum atomic E-state index is 12.7. The van der Waals surface area contributed by atoms with Crippen LogP contribution in [0.15, 0.2) is 36.4 Å². The second-order valence-corrected chi connectivity index (χ2v) is 7.46. The van der Waals surface area contributed by atoms with Crippen LogP contribution in [0.2, 0.25) is 0 Å². The van der Waals surface area contributed by atoms with Crippen LogP contribution in [0, 0.1) is 16.0 Å². The molecule has 1 heterocycles. The van der Waals surface area contributed by atoms with Gasteiger partial charge in [-0.25, -0.2) is 0 Å². The van der Waals surface area contributed by atoms with Crippen molar-refractivity contribution in [1.29, 1.82) is 0 Å². The van der Waals surface area contributed by atoms with E-state index in [1.807, 2.05) is 6.92 Å². The number of hydrogen-bond acceptors (Lipinski definition) is 5. The number of nitrogens with zero attached hydrogens (tertiary/aromatic N) is 2. The Labute approximate surface area is 154 Å². The molecule has 0 aliphatic heterocycles. The third-order valence-electron chi connectivity index (χ3n) is 4.48. The summed E-state index contributed by atoms with van der Waals surface area (Å²) in [4.78, 5) is 37.1. The number of hydrogen-bond donors (Lipinski definition) is 1. The lowest BCUT2D eigenvalue weighted by molar-refractivity contribution is -0.384. The zero-order valence-corrected chi connectivity index (χ0v) is 15.3. The number of amides is 2. The quantitative estimate of drug-likeness (QED) is 0.615. The molecule has 0 radical (unpaired) electrons. The highest BCUT2D eigenvalue weighted by Gasteiger charge is 2.30. The van der Waals surface area contributed by atoms with E-state index < -0.39 is 4.92 Å². The van der Waals surface area contributed by atoms with E-state index in [9.17, 15) is 19.7 Å². The molecule has 1 N–H and O–H groups in total. The summed E-state index contributed by atoms with van der Waals surface area (Å²) in [7, 11) is 1.66. The monoisotopic (exact) mass is 373 g/mol. The third kappa shape index (κ3) is 3.91. The molecule has 1 saturated carbocycles. The van der Waals surface area contributed by atoms with Gasteiger partial charge in [-0.05, 0) is 37.5 Å². The molecule has 3 rings (SSSR count). The summed E-state index contributed by atoms with van der Waals surface area (Å²) in [5.74, 6) is -0.0853. The Morgan fingerprint density at radius 3 is 2.69 bits per heavy atom. The van der Waals surface area contributed by atoms with Crippen LogP contribution in [0.4, 0.5) is 10.7 Å². The van der Waals surface area contributed by atoms with Crippen molar-refractivity contribution in [2.75, 3.05) is 12.4 Å². The standard InChI is InChI=1S/C18H19N3O4S/c1-11(13-4-3-5-14(10-13)21(24)25)20(2)18(23)15-8-9-16(26-15)19-17(22)12-6-7-12/h3-5,8-12H,6-7H2,1-2H3,(H,19,22)/t11-/m0/s1. The fourth-order valence-corrected chi connectivity index (χ4v) is 3.45. The molecule has 2 aromatic rings. The van der Waals surface area contributed by atoms with E-state index in [2.05, 4.69) is 5.32 Å². The average molecular weight is 373 g/mol. The normalized spacial score (nSPS) is 14.5. The van der Waals surface area contributed by atoms with E-state index in [0.29, 0.717) is 15.4 Å². The molecule has 1 atom stereocenters. The Morgan fingerprint density at radius 2 is 2.04 bits per heavy atom. The summed E-state index contributed by atoms with van der Waals surface area (Å²) in [6.45, 7) is 1.82. The van der Waals surface area contributed by atoms with Crippen LogP contribution < -0.4 is 5.32 Å². The van der Waals surface area contributed by atoms with E-state index in [4.69, 9.17) is 0 Å². The van der Waals surface area contributed by atoms with Gasteiger partial charge in [-0.2, -0.15) is 0 Å². The van der Waals surface area contributed by atoms with E-state index in [-0.39, 0.29) is 29.5 Å². The van der Waals surface area contributed by atoms with Gasteiger partial charge in [-0.3, -0.25) is 19.7 Å². The van der Waals surface area contributed by atoms with Crippen molar-refractivity contribution >= 4 is 33.8 Å². The molecule has 0 bridgehead atoms. The molecule has 1 aliphatic rings. The highest BCUT2D eigenvalue weighted by Crippen LogP contribution is 2.32. The summed E-state index contributed by atoms with van der Waals surface area (Å²) in [6, 6.07) is 9.36. The average Bonchev–Trinajstić information content (AvgIpc) is 3.40. The minimum Gasteiger partial charge on any atom is -0.334 e. The molecule has 7 nitrogen and oxygen atoms in total. The van der Waals surface area contributed by atoms with Crippen molar-refractivity contribution in [2.24, 2.45) is 5.92 Å². The van der Waals surface area contributed by atoms with Gasteiger partial charge in [0.25, 0.3) is 11.6 Å². The van der Waals surface area contributed by atoms with Gasteiger partial charge in [0, 0.05) is 25.1 Å². The van der Waals surface area contributed by atoms with Crippen molar-refractivity contribution in [3.8, 4) is 0 Å². The fourth-order valence-electron chi connectivity index (χ4n) is 2.56. The summed E-state index contributed by atoms with van der Waals surface area (Å²) < 4.78 is 0. The van der Waals surface area contributed by atoms with E-state index in [1.165, 1.54) is 28.4 Å². The molecule has 8 heteroatoms. The topological polar surface area (TPSA) is 92.6 Å². The Kier molecular flexibility index (Phi) is 5.03. The Bertz CT molecular complexity index is 860. The number of carbonyl (C=O) groups excluding carboxylic acids is 2.